The topological polar surface area (TPSA) is 9.23 Å². The Hall–Kier alpha value is -1.57. The Morgan fingerprint density at radius 2 is 1.78 bits per heavy atom. The fourth-order valence-electron chi connectivity index (χ4n) is 3.13. The fourth-order valence-corrected chi connectivity index (χ4v) is 3.39. The molecule has 3 rings (SSSR count). The summed E-state index contributed by atoms with van der Waals surface area (Å²) in [4.78, 5) is 0. The molecule has 2 aromatic carbocycles. The number of allylic oxidation sites excluding steroid dienone is 2. The molecule has 120 valence electrons. The quantitative estimate of drug-likeness (QED) is 0.580. The molecule has 0 N–H and O–H groups in total. The van der Waals surface area contributed by atoms with Gasteiger partial charge in [0.2, 0.25) is 0 Å². The van der Waals surface area contributed by atoms with Crippen molar-refractivity contribution in [2.75, 3.05) is 6.61 Å². The van der Waals surface area contributed by atoms with Crippen LogP contribution in [0.2, 0.25) is 5.02 Å². The standard InChI is InChI=1S/C21H23ClO/c22-21-9-5-4-8-20(21)19-12-10-17(11-13-19)14-15-23-16-18-6-2-1-3-7-18/h1-9,12,17H,10-11,13-16H2. The van der Waals surface area contributed by atoms with Crippen molar-refractivity contribution < 1.29 is 4.74 Å². The molecule has 1 aliphatic carbocycles. The van der Waals surface area contributed by atoms with E-state index in [1.165, 1.54) is 23.1 Å². The van der Waals surface area contributed by atoms with Gasteiger partial charge in [-0.1, -0.05) is 66.2 Å². The van der Waals surface area contributed by atoms with Crippen LogP contribution in [0.25, 0.3) is 5.57 Å². The van der Waals surface area contributed by atoms with Crippen LogP contribution < -0.4 is 0 Å². The lowest BCUT2D eigenvalue weighted by Gasteiger charge is -2.22. The highest BCUT2D eigenvalue weighted by Gasteiger charge is 2.16. The summed E-state index contributed by atoms with van der Waals surface area (Å²) < 4.78 is 5.81. The number of halogens is 1. The van der Waals surface area contributed by atoms with E-state index in [1.54, 1.807) is 0 Å². The molecule has 0 bridgehead atoms. The number of hydrogen-bond acceptors (Lipinski definition) is 1. The van der Waals surface area contributed by atoms with Gasteiger partial charge in [0.05, 0.1) is 6.61 Å². The van der Waals surface area contributed by atoms with Crippen LogP contribution in [0.3, 0.4) is 0 Å². The third-order valence-electron chi connectivity index (χ3n) is 4.52. The molecule has 0 saturated heterocycles. The molecule has 0 aliphatic heterocycles. The number of benzene rings is 2. The van der Waals surface area contributed by atoms with E-state index in [4.69, 9.17) is 16.3 Å². The summed E-state index contributed by atoms with van der Waals surface area (Å²) in [6, 6.07) is 18.5. The minimum Gasteiger partial charge on any atom is -0.377 e. The maximum Gasteiger partial charge on any atom is 0.0716 e. The Labute approximate surface area is 143 Å². The van der Waals surface area contributed by atoms with E-state index in [9.17, 15) is 0 Å². The van der Waals surface area contributed by atoms with E-state index < -0.39 is 0 Å². The Kier molecular flexibility index (Phi) is 5.90. The smallest absolute Gasteiger partial charge is 0.0716 e. The SMILES string of the molecule is Clc1ccccc1C1=CCC(CCOCc2ccccc2)CC1. The highest BCUT2D eigenvalue weighted by Crippen LogP contribution is 2.34. The number of ether oxygens (including phenoxy) is 1. The minimum absolute atomic E-state index is 0.717. The van der Waals surface area contributed by atoms with Crippen LogP contribution in [-0.2, 0) is 11.3 Å². The predicted molar refractivity (Wildman–Crippen MR) is 97.5 cm³/mol. The maximum atomic E-state index is 6.29. The van der Waals surface area contributed by atoms with Gasteiger partial charge in [-0.25, -0.2) is 0 Å². The van der Waals surface area contributed by atoms with Crippen molar-refractivity contribution in [2.45, 2.75) is 32.3 Å². The van der Waals surface area contributed by atoms with Crippen molar-refractivity contribution in [3.63, 3.8) is 0 Å². The first-order valence-corrected chi connectivity index (χ1v) is 8.76. The Morgan fingerprint density at radius 1 is 1.00 bits per heavy atom. The van der Waals surface area contributed by atoms with Crippen molar-refractivity contribution in [3.05, 3.63) is 76.8 Å². The zero-order valence-electron chi connectivity index (χ0n) is 13.4. The molecule has 0 amide bonds. The van der Waals surface area contributed by atoms with E-state index in [0.29, 0.717) is 6.61 Å². The summed E-state index contributed by atoms with van der Waals surface area (Å²) >= 11 is 6.29. The molecular weight excluding hydrogens is 304 g/mol. The van der Waals surface area contributed by atoms with Gasteiger partial charge in [-0.3, -0.25) is 0 Å². The van der Waals surface area contributed by atoms with Gasteiger partial charge >= 0.3 is 0 Å². The molecule has 0 radical (unpaired) electrons. The Bertz CT molecular complexity index is 648. The van der Waals surface area contributed by atoms with Gasteiger partial charge < -0.3 is 4.74 Å². The van der Waals surface area contributed by atoms with Crippen molar-refractivity contribution in [1.82, 2.24) is 0 Å². The van der Waals surface area contributed by atoms with Crippen molar-refractivity contribution in [3.8, 4) is 0 Å². The average molecular weight is 327 g/mol. The van der Waals surface area contributed by atoms with E-state index in [2.05, 4.69) is 42.5 Å². The van der Waals surface area contributed by atoms with Gasteiger partial charge in [-0.15, -0.1) is 0 Å². The third kappa shape index (κ3) is 4.70. The first-order chi connectivity index (χ1) is 11.3. The summed E-state index contributed by atoms with van der Waals surface area (Å²) in [6.45, 7) is 1.56. The third-order valence-corrected chi connectivity index (χ3v) is 4.85. The predicted octanol–water partition coefficient (Wildman–Crippen LogP) is 6.13. The molecular formula is C21H23ClO. The fraction of sp³-hybridized carbons (Fsp3) is 0.333. The highest BCUT2D eigenvalue weighted by molar-refractivity contribution is 6.32. The van der Waals surface area contributed by atoms with Gasteiger partial charge in [0.15, 0.2) is 0 Å². The maximum absolute atomic E-state index is 6.29. The molecule has 0 saturated carbocycles. The second-order valence-electron chi connectivity index (χ2n) is 6.18. The van der Waals surface area contributed by atoms with Crippen molar-refractivity contribution in [2.24, 2.45) is 5.92 Å². The van der Waals surface area contributed by atoms with E-state index in [0.717, 1.165) is 36.8 Å². The van der Waals surface area contributed by atoms with E-state index in [-0.39, 0.29) is 0 Å². The first-order valence-electron chi connectivity index (χ1n) is 8.38. The summed E-state index contributed by atoms with van der Waals surface area (Å²) in [5, 5.41) is 0.864. The molecule has 1 unspecified atom stereocenters. The second kappa shape index (κ2) is 8.33. The van der Waals surface area contributed by atoms with E-state index in [1.807, 2.05) is 18.2 Å². The summed E-state index contributed by atoms with van der Waals surface area (Å²) in [5.74, 6) is 0.733. The molecule has 1 aliphatic rings. The summed E-state index contributed by atoms with van der Waals surface area (Å²) in [7, 11) is 0. The highest BCUT2D eigenvalue weighted by atomic mass is 35.5. The van der Waals surface area contributed by atoms with Crippen LogP contribution in [0.4, 0.5) is 0 Å². The number of rotatable bonds is 6. The molecule has 0 fully saturated rings. The summed E-state index contributed by atoms with van der Waals surface area (Å²) in [5.41, 5.74) is 3.85. The van der Waals surface area contributed by atoms with Crippen LogP contribution in [0.5, 0.6) is 0 Å². The van der Waals surface area contributed by atoms with Gasteiger partial charge in [-0.2, -0.15) is 0 Å². The molecule has 1 nitrogen and oxygen atoms in total. The molecule has 2 aromatic rings. The van der Waals surface area contributed by atoms with Crippen LogP contribution in [0.15, 0.2) is 60.7 Å². The lowest BCUT2D eigenvalue weighted by molar-refractivity contribution is 0.106. The molecule has 0 heterocycles. The molecule has 23 heavy (non-hydrogen) atoms. The average Bonchev–Trinajstić information content (AvgIpc) is 2.61. The van der Waals surface area contributed by atoms with Crippen LogP contribution in [-0.4, -0.2) is 6.61 Å². The normalized spacial score (nSPS) is 17.8. The molecule has 0 spiro atoms. The van der Waals surface area contributed by atoms with E-state index >= 15 is 0 Å². The Balaban J connectivity index is 1.43. The zero-order chi connectivity index (χ0) is 15.9. The van der Waals surface area contributed by atoms with Crippen molar-refractivity contribution in [1.29, 1.82) is 0 Å². The number of hydrogen-bond donors (Lipinski definition) is 0. The monoisotopic (exact) mass is 326 g/mol. The van der Waals surface area contributed by atoms with Gasteiger partial charge in [0.25, 0.3) is 0 Å². The first kappa shape index (κ1) is 16.3. The van der Waals surface area contributed by atoms with Gasteiger partial charge in [-0.05, 0) is 54.4 Å². The molecule has 2 heteroatoms. The lowest BCUT2D eigenvalue weighted by atomic mass is 9.85. The largest absolute Gasteiger partial charge is 0.377 e. The van der Waals surface area contributed by atoms with Gasteiger partial charge in [0, 0.05) is 11.6 Å². The van der Waals surface area contributed by atoms with Crippen LogP contribution in [0.1, 0.15) is 36.8 Å². The van der Waals surface area contributed by atoms with Crippen LogP contribution >= 0.6 is 11.6 Å². The lowest BCUT2D eigenvalue weighted by Crippen LogP contribution is -2.09. The molecule has 1 atom stereocenters. The van der Waals surface area contributed by atoms with Crippen LogP contribution in [0, 0.1) is 5.92 Å². The molecule has 0 aromatic heterocycles. The Morgan fingerprint density at radius 3 is 2.52 bits per heavy atom. The zero-order valence-corrected chi connectivity index (χ0v) is 14.1. The minimum atomic E-state index is 0.717. The second-order valence-corrected chi connectivity index (χ2v) is 6.58. The van der Waals surface area contributed by atoms with Crippen molar-refractivity contribution >= 4 is 17.2 Å². The van der Waals surface area contributed by atoms with Gasteiger partial charge in [0.1, 0.15) is 0 Å². The summed E-state index contributed by atoms with van der Waals surface area (Å²) in [6.07, 6.45) is 6.99.